The number of Topliss-reactive ketones (excluding diaryl/α,β-unsaturated/α-hetero) is 1. The summed E-state index contributed by atoms with van der Waals surface area (Å²) in [7, 11) is 0. The highest BCUT2D eigenvalue weighted by Gasteiger charge is 2.18. The fourth-order valence-corrected chi connectivity index (χ4v) is 4.20. The SMILES string of the molecule is Cc1cc(C(=O)CSc2nnc(-c3ccccc3Br)o2)c(C)n1Cc1ccco1. The molecule has 0 saturated carbocycles. The lowest BCUT2D eigenvalue weighted by Gasteiger charge is -2.07. The molecule has 0 aliphatic rings. The number of halogens is 1. The Morgan fingerprint density at radius 1 is 1.17 bits per heavy atom. The third kappa shape index (κ3) is 4.23. The van der Waals surface area contributed by atoms with Gasteiger partial charge in [-0.25, -0.2) is 0 Å². The summed E-state index contributed by atoms with van der Waals surface area (Å²) in [5.41, 5.74) is 3.46. The molecule has 0 aliphatic carbocycles. The van der Waals surface area contributed by atoms with Gasteiger partial charge in [-0.15, -0.1) is 10.2 Å². The highest BCUT2D eigenvalue weighted by atomic mass is 79.9. The molecule has 0 aliphatic heterocycles. The normalized spacial score (nSPS) is 11.1. The molecule has 0 fully saturated rings. The molecule has 0 N–H and O–H groups in total. The number of aryl methyl sites for hydroxylation is 1. The van der Waals surface area contributed by atoms with Crippen molar-refractivity contribution in [2.45, 2.75) is 25.6 Å². The summed E-state index contributed by atoms with van der Waals surface area (Å²) in [6, 6.07) is 13.3. The van der Waals surface area contributed by atoms with Gasteiger partial charge in [-0.1, -0.05) is 23.9 Å². The third-order valence-electron chi connectivity index (χ3n) is 4.61. The number of carbonyl (C=O) groups is 1. The van der Waals surface area contributed by atoms with Crippen molar-refractivity contribution in [3.63, 3.8) is 0 Å². The first-order valence-corrected chi connectivity index (χ1v) is 10.7. The van der Waals surface area contributed by atoms with Gasteiger partial charge >= 0.3 is 0 Å². The van der Waals surface area contributed by atoms with Crippen molar-refractivity contribution in [2.24, 2.45) is 0 Å². The predicted molar refractivity (Wildman–Crippen MR) is 114 cm³/mol. The molecular formula is C21H18BrN3O3S. The Hall–Kier alpha value is -2.58. The number of hydrogen-bond acceptors (Lipinski definition) is 6. The molecule has 29 heavy (non-hydrogen) atoms. The fourth-order valence-electron chi connectivity index (χ4n) is 3.10. The van der Waals surface area contributed by atoms with E-state index in [1.54, 1.807) is 6.26 Å². The van der Waals surface area contributed by atoms with Gasteiger partial charge in [0.25, 0.3) is 5.22 Å². The number of thioether (sulfide) groups is 1. The minimum Gasteiger partial charge on any atom is -0.467 e. The van der Waals surface area contributed by atoms with Crippen molar-refractivity contribution in [1.82, 2.24) is 14.8 Å². The maximum Gasteiger partial charge on any atom is 0.277 e. The summed E-state index contributed by atoms with van der Waals surface area (Å²) in [5, 5.41) is 8.50. The van der Waals surface area contributed by atoms with E-state index in [0.29, 0.717) is 23.2 Å². The molecule has 0 saturated heterocycles. The van der Waals surface area contributed by atoms with Gasteiger partial charge in [0.15, 0.2) is 5.78 Å². The zero-order valence-electron chi connectivity index (χ0n) is 15.9. The van der Waals surface area contributed by atoms with Gasteiger partial charge in [0, 0.05) is 21.4 Å². The molecule has 148 valence electrons. The van der Waals surface area contributed by atoms with Crippen LogP contribution in [-0.4, -0.2) is 26.3 Å². The average molecular weight is 472 g/mol. The number of ketones is 1. The molecule has 8 heteroatoms. The first-order valence-electron chi connectivity index (χ1n) is 8.96. The number of aromatic nitrogens is 3. The van der Waals surface area contributed by atoms with Gasteiger partial charge in [-0.05, 0) is 60.1 Å². The highest BCUT2D eigenvalue weighted by Crippen LogP contribution is 2.29. The summed E-state index contributed by atoms with van der Waals surface area (Å²) in [6.07, 6.45) is 1.65. The van der Waals surface area contributed by atoms with E-state index in [1.807, 2.05) is 56.3 Å². The molecule has 0 radical (unpaired) electrons. The Kier molecular flexibility index (Phi) is 5.73. The maximum atomic E-state index is 12.8. The Labute approximate surface area is 180 Å². The fraction of sp³-hybridized carbons (Fsp3) is 0.190. The van der Waals surface area contributed by atoms with Crippen LogP contribution in [0.15, 0.2) is 67.3 Å². The summed E-state index contributed by atoms with van der Waals surface area (Å²) in [4.78, 5) is 12.8. The second kappa shape index (κ2) is 8.42. The molecule has 3 aromatic heterocycles. The lowest BCUT2D eigenvalue weighted by atomic mass is 10.2. The van der Waals surface area contributed by atoms with Crippen molar-refractivity contribution < 1.29 is 13.6 Å². The lowest BCUT2D eigenvalue weighted by molar-refractivity contribution is 0.102. The minimum atomic E-state index is 0.0226. The van der Waals surface area contributed by atoms with Crippen LogP contribution in [0.2, 0.25) is 0 Å². The summed E-state index contributed by atoms with van der Waals surface area (Å²) in [5.74, 6) is 1.52. The van der Waals surface area contributed by atoms with E-state index in [1.165, 1.54) is 11.8 Å². The number of rotatable bonds is 7. The smallest absolute Gasteiger partial charge is 0.277 e. The van der Waals surface area contributed by atoms with Crippen LogP contribution >= 0.6 is 27.7 Å². The number of nitrogens with zero attached hydrogens (tertiary/aromatic N) is 3. The quantitative estimate of drug-likeness (QED) is 0.260. The predicted octanol–water partition coefficient (Wildman–Crippen LogP) is 5.53. The molecule has 3 heterocycles. The van der Waals surface area contributed by atoms with Gasteiger partial charge < -0.3 is 13.4 Å². The monoisotopic (exact) mass is 471 g/mol. The zero-order chi connectivity index (χ0) is 20.4. The van der Waals surface area contributed by atoms with Crippen LogP contribution in [0.3, 0.4) is 0 Å². The summed E-state index contributed by atoms with van der Waals surface area (Å²) in [6.45, 7) is 4.54. The van der Waals surface area contributed by atoms with Gasteiger partial charge in [-0.2, -0.15) is 0 Å². The standard InChI is InChI=1S/C21H18BrN3O3S/c1-13-10-17(14(2)25(13)11-15-6-5-9-27-15)19(26)12-29-21-24-23-20(28-21)16-7-3-4-8-18(16)22/h3-10H,11-12H2,1-2H3. The van der Waals surface area contributed by atoms with Crippen LogP contribution in [-0.2, 0) is 6.54 Å². The van der Waals surface area contributed by atoms with Gasteiger partial charge in [-0.3, -0.25) is 4.79 Å². The molecular weight excluding hydrogens is 454 g/mol. The Morgan fingerprint density at radius 3 is 2.76 bits per heavy atom. The average Bonchev–Trinajstić information content (AvgIpc) is 3.44. The van der Waals surface area contributed by atoms with Crippen LogP contribution in [0, 0.1) is 13.8 Å². The first-order chi connectivity index (χ1) is 14.0. The van der Waals surface area contributed by atoms with Crippen LogP contribution in [0.4, 0.5) is 0 Å². The van der Waals surface area contributed by atoms with E-state index in [-0.39, 0.29) is 11.5 Å². The van der Waals surface area contributed by atoms with Gasteiger partial charge in [0.1, 0.15) is 5.76 Å². The van der Waals surface area contributed by atoms with E-state index in [2.05, 4.69) is 30.7 Å². The van der Waals surface area contributed by atoms with Crippen LogP contribution in [0.5, 0.6) is 0 Å². The first kappa shape index (κ1) is 19.7. The summed E-state index contributed by atoms with van der Waals surface area (Å²) < 4.78 is 14.1. The minimum absolute atomic E-state index is 0.0226. The number of carbonyl (C=O) groups excluding carboxylic acids is 1. The topological polar surface area (TPSA) is 74.1 Å². The van der Waals surface area contributed by atoms with E-state index < -0.39 is 0 Å². The number of furan rings is 1. The largest absolute Gasteiger partial charge is 0.467 e. The molecule has 0 atom stereocenters. The Morgan fingerprint density at radius 2 is 2.00 bits per heavy atom. The second-order valence-electron chi connectivity index (χ2n) is 6.52. The molecule has 0 spiro atoms. The molecule has 0 bridgehead atoms. The Balaban J connectivity index is 1.45. The van der Waals surface area contributed by atoms with Crippen molar-refractivity contribution in [3.8, 4) is 11.5 Å². The molecule has 4 rings (SSSR count). The number of hydrogen-bond donors (Lipinski definition) is 0. The van der Waals surface area contributed by atoms with Crippen LogP contribution < -0.4 is 0 Å². The van der Waals surface area contributed by atoms with Crippen molar-refractivity contribution in [2.75, 3.05) is 5.75 Å². The van der Waals surface area contributed by atoms with Crippen molar-refractivity contribution >= 4 is 33.5 Å². The molecule has 0 unspecified atom stereocenters. The van der Waals surface area contributed by atoms with Gasteiger partial charge in [0.05, 0.1) is 24.1 Å². The van der Waals surface area contributed by atoms with E-state index >= 15 is 0 Å². The van der Waals surface area contributed by atoms with Crippen LogP contribution in [0.25, 0.3) is 11.5 Å². The van der Waals surface area contributed by atoms with E-state index in [4.69, 9.17) is 8.83 Å². The zero-order valence-corrected chi connectivity index (χ0v) is 18.3. The molecule has 1 aromatic carbocycles. The maximum absolute atomic E-state index is 12.8. The highest BCUT2D eigenvalue weighted by molar-refractivity contribution is 9.10. The molecule has 4 aromatic rings. The molecule has 0 amide bonds. The third-order valence-corrected chi connectivity index (χ3v) is 6.12. The van der Waals surface area contributed by atoms with Gasteiger partial charge in [0.2, 0.25) is 5.89 Å². The van der Waals surface area contributed by atoms with E-state index in [9.17, 15) is 4.79 Å². The summed E-state index contributed by atoms with van der Waals surface area (Å²) >= 11 is 4.72. The van der Waals surface area contributed by atoms with E-state index in [0.717, 1.165) is 27.2 Å². The van der Waals surface area contributed by atoms with Crippen molar-refractivity contribution in [1.29, 1.82) is 0 Å². The number of benzene rings is 1. The van der Waals surface area contributed by atoms with Crippen molar-refractivity contribution in [3.05, 3.63) is 75.9 Å². The Bertz CT molecular complexity index is 1150. The second-order valence-corrected chi connectivity index (χ2v) is 8.30. The lowest BCUT2D eigenvalue weighted by Crippen LogP contribution is -2.07. The van der Waals surface area contributed by atoms with Crippen LogP contribution in [0.1, 0.15) is 27.5 Å². The molecule has 6 nitrogen and oxygen atoms in total.